The molecule has 6 nitrogen and oxygen atoms in total. The third-order valence-corrected chi connectivity index (χ3v) is 4.76. The fourth-order valence-corrected chi connectivity index (χ4v) is 3.35. The third kappa shape index (κ3) is 3.02. The van der Waals surface area contributed by atoms with E-state index in [0.717, 1.165) is 9.58 Å². The average Bonchev–Trinajstić information content (AvgIpc) is 3.15. The lowest BCUT2D eigenvalue weighted by atomic mass is 10.2. The minimum Gasteiger partial charge on any atom is -0.266 e. The van der Waals surface area contributed by atoms with Crippen molar-refractivity contribution in [3.63, 3.8) is 0 Å². The summed E-state index contributed by atoms with van der Waals surface area (Å²) < 4.78 is 0.818. The molecule has 0 saturated carbocycles. The van der Waals surface area contributed by atoms with Gasteiger partial charge in [-0.25, -0.2) is 5.43 Å². The minimum absolute atomic E-state index is 0.00738. The molecule has 0 saturated heterocycles. The van der Waals surface area contributed by atoms with E-state index < -0.39 is 4.92 Å². The monoisotopic (exact) mass is 331 g/mol. The number of nitro benzene ring substituents is 1. The molecule has 110 valence electrons. The maximum atomic E-state index is 12.0. The summed E-state index contributed by atoms with van der Waals surface area (Å²) in [6, 6.07) is 9.94. The number of nitrogens with one attached hydrogen (secondary N) is 1. The van der Waals surface area contributed by atoms with Crippen molar-refractivity contribution < 1.29 is 9.72 Å². The number of thiophene rings is 2. The fraction of sp³-hybridized carbons (Fsp3) is 0. The molecular weight excluding hydrogens is 322 g/mol. The van der Waals surface area contributed by atoms with Crippen LogP contribution in [0.15, 0.2) is 46.9 Å². The number of amides is 1. The van der Waals surface area contributed by atoms with E-state index in [2.05, 4.69) is 10.5 Å². The molecule has 8 heteroatoms. The second-order valence-corrected chi connectivity index (χ2v) is 6.37. The number of hydrazone groups is 1. The molecule has 22 heavy (non-hydrogen) atoms. The van der Waals surface area contributed by atoms with Crippen molar-refractivity contribution in [2.24, 2.45) is 5.10 Å². The highest BCUT2D eigenvalue weighted by atomic mass is 32.1. The van der Waals surface area contributed by atoms with Crippen LogP contribution in [-0.4, -0.2) is 17.0 Å². The number of hydrogen-bond donors (Lipinski definition) is 1. The van der Waals surface area contributed by atoms with Gasteiger partial charge in [0.2, 0.25) is 0 Å². The van der Waals surface area contributed by atoms with Gasteiger partial charge in [0.1, 0.15) is 0 Å². The first-order valence-electron chi connectivity index (χ1n) is 6.18. The average molecular weight is 331 g/mol. The van der Waals surface area contributed by atoms with Crippen LogP contribution < -0.4 is 5.43 Å². The van der Waals surface area contributed by atoms with Gasteiger partial charge in [-0.3, -0.25) is 14.9 Å². The van der Waals surface area contributed by atoms with Crippen molar-refractivity contribution in [3.8, 4) is 0 Å². The summed E-state index contributed by atoms with van der Waals surface area (Å²) in [5, 5.41) is 17.2. The molecule has 0 atom stereocenters. The highest BCUT2D eigenvalue weighted by Gasteiger charge is 2.12. The molecule has 2 heterocycles. The molecule has 1 amide bonds. The smallest absolute Gasteiger partial charge is 0.266 e. The number of rotatable bonds is 4. The predicted molar refractivity (Wildman–Crippen MR) is 87.9 cm³/mol. The number of fused-ring (bicyclic) bond motifs is 1. The van der Waals surface area contributed by atoms with Crippen LogP contribution in [0, 0.1) is 10.1 Å². The highest BCUT2D eigenvalue weighted by molar-refractivity contribution is 7.20. The van der Waals surface area contributed by atoms with E-state index in [1.807, 2.05) is 17.5 Å². The van der Waals surface area contributed by atoms with Crippen molar-refractivity contribution in [2.45, 2.75) is 0 Å². The Kier molecular flexibility index (Phi) is 3.94. The van der Waals surface area contributed by atoms with Gasteiger partial charge in [-0.15, -0.1) is 22.7 Å². The van der Waals surface area contributed by atoms with E-state index in [1.165, 1.54) is 34.8 Å². The molecule has 3 rings (SSSR count). The number of benzene rings is 1. The summed E-state index contributed by atoms with van der Waals surface area (Å²) in [6.07, 6.45) is 1.57. The molecule has 0 bridgehead atoms. The Morgan fingerprint density at radius 3 is 2.91 bits per heavy atom. The van der Waals surface area contributed by atoms with Crippen LogP contribution in [0.2, 0.25) is 0 Å². The summed E-state index contributed by atoms with van der Waals surface area (Å²) in [4.78, 5) is 23.7. The number of hydrogen-bond acceptors (Lipinski definition) is 6. The SMILES string of the molecule is O=C(NN=Cc1cccs1)c1cc2cc([N+](=O)[O-])ccc2s1. The van der Waals surface area contributed by atoms with E-state index in [9.17, 15) is 14.9 Å². The number of carbonyl (C=O) groups excluding carboxylic acids is 1. The zero-order valence-corrected chi connectivity index (χ0v) is 12.7. The first-order valence-corrected chi connectivity index (χ1v) is 7.88. The van der Waals surface area contributed by atoms with Gasteiger partial charge in [0.25, 0.3) is 11.6 Å². The molecule has 0 unspecified atom stereocenters. The molecule has 0 fully saturated rings. The van der Waals surface area contributed by atoms with Crippen molar-refractivity contribution in [2.75, 3.05) is 0 Å². The lowest BCUT2D eigenvalue weighted by molar-refractivity contribution is -0.384. The van der Waals surface area contributed by atoms with E-state index in [0.29, 0.717) is 10.3 Å². The lowest BCUT2D eigenvalue weighted by Gasteiger charge is -1.93. The van der Waals surface area contributed by atoms with Crippen LogP contribution in [0.5, 0.6) is 0 Å². The highest BCUT2D eigenvalue weighted by Crippen LogP contribution is 2.28. The molecule has 0 aliphatic carbocycles. The molecule has 0 radical (unpaired) electrons. The predicted octanol–water partition coefficient (Wildman–Crippen LogP) is 3.63. The van der Waals surface area contributed by atoms with Gasteiger partial charge < -0.3 is 0 Å². The van der Waals surface area contributed by atoms with Crippen molar-refractivity contribution >= 4 is 50.6 Å². The van der Waals surface area contributed by atoms with E-state index in [1.54, 1.807) is 18.3 Å². The van der Waals surface area contributed by atoms with Crippen LogP contribution in [0.25, 0.3) is 10.1 Å². The minimum atomic E-state index is -0.456. The molecule has 1 N–H and O–H groups in total. The summed E-state index contributed by atoms with van der Waals surface area (Å²) >= 11 is 2.78. The molecule has 0 aliphatic rings. The van der Waals surface area contributed by atoms with E-state index >= 15 is 0 Å². The number of nitro groups is 1. The van der Waals surface area contributed by atoms with Crippen molar-refractivity contribution in [1.82, 2.24) is 5.43 Å². The molecular formula is C14H9N3O3S2. The Morgan fingerprint density at radius 1 is 1.32 bits per heavy atom. The van der Waals surface area contributed by atoms with Crippen molar-refractivity contribution in [3.05, 3.63) is 61.6 Å². The Balaban J connectivity index is 1.77. The standard InChI is InChI=1S/C14H9N3O3S2/c18-14(16-15-8-11-2-1-5-21-11)13-7-9-6-10(17(19)20)3-4-12(9)22-13/h1-8H,(H,16,18). The topological polar surface area (TPSA) is 84.6 Å². The summed E-state index contributed by atoms with van der Waals surface area (Å²) in [6.45, 7) is 0. The van der Waals surface area contributed by atoms with Gasteiger partial charge >= 0.3 is 0 Å². The number of carbonyl (C=O) groups is 1. The Bertz CT molecular complexity index is 869. The Labute approximate surface area is 132 Å². The second kappa shape index (κ2) is 6.04. The van der Waals surface area contributed by atoms with Crippen LogP contribution in [0.1, 0.15) is 14.5 Å². The van der Waals surface area contributed by atoms with Gasteiger partial charge in [0, 0.05) is 27.1 Å². The quantitative estimate of drug-likeness (QED) is 0.450. The van der Waals surface area contributed by atoms with Crippen LogP contribution in [0.3, 0.4) is 0 Å². The summed E-state index contributed by atoms with van der Waals surface area (Å²) in [5.41, 5.74) is 2.46. The lowest BCUT2D eigenvalue weighted by Crippen LogP contribution is -2.15. The van der Waals surface area contributed by atoms with Gasteiger partial charge in [-0.1, -0.05) is 6.07 Å². The van der Waals surface area contributed by atoms with Gasteiger partial charge in [0.15, 0.2) is 0 Å². The zero-order chi connectivity index (χ0) is 15.5. The maximum absolute atomic E-state index is 12.0. The van der Waals surface area contributed by atoms with Gasteiger partial charge in [-0.2, -0.15) is 5.10 Å². The summed E-state index contributed by atoms with van der Waals surface area (Å²) in [5.74, 6) is -0.336. The number of nitrogens with zero attached hydrogens (tertiary/aromatic N) is 2. The third-order valence-electron chi connectivity index (χ3n) is 2.84. The second-order valence-electron chi connectivity index (χ2n) is 4.30. The zero-order valence-electron chi connectivity index (χ0n) is 11.1. The first-order chi connectivity index (χ1) is 10.6. The van der Waals surface area contributed by atoms with Crippen LogP contribution in [0.4, 0.5) is 5.69 Å². The largest absolute Gasteiger partial charge is 0.281 e. The Morgan fingerprint density at radius 2 is 2.18 bits per heavy atom. The van der Waals surface area contributed by atoms with E-state index in [-0.39, 0.29) is 11.6 Å². The van der Waals surface area contributed by atoms with E-state index in [4.69, 9.17) is 0 Å². The number of non-ortho nitro benzene ring substituents is 1. The van der Waals surface area contributed by atoms with Crippen LogP contribution >= 0.6 is 22.7 Å². The normalized spacial score (nSPS) is 11.1. The van der Waals surface area contributed by atoms with Crippen LogP contribution in [-0.2, 0) is 0 Å². The van der Waals surface area contributed by atoms with Crippen molar-refractivity contribution in [1.29, 1.82) is 0 Å². The molecule has 2 aromatic heterocycles. The van der Waals surface area contributed by atoms with Gasteiger partial charge in [-0.05, 0) is 23.6 Å². The molecule has 1 aromatic carbocycles. The molecule has 0 spiro atoms. The van der Waals surface area contributed by atoms with Gasteiger partial charge in [0.05, 0.1) is 16.0 Å². The molecule has 0 aliphatic heterocycles. The first kappa shape index (κ1) is 14.4. The Hall–Kier alpha value is -2.58. The summed E-state index contributed by atoms with van der Waals surface area (Å²) in [7, 11) is 0. The maximum Gasteiger partial charge on any atom is 0.281 e. The fourth-order valence-electron chi connectivity index (χ4n) is 1.83. The molecule has 3 aromatic rings.